The zero-order valence-corrected chi connectivity index (χ0v) is 10.7. The van der Waals surface area contributed by atoms with Gasteiger partial charge in [0.25, 0.3) is 0 Å². The Balaban J connectivity index is 2.96. The van der Waals surface area contributed by atoms with Crippen molar-refractivity contribution in [3.05, 3.63) is 28.8 Å². The van der Waals surface area contributed by atoms with Crippen LogP contribution >= 0.6 is 11.6 Å². The topological polar surface area (TPSA) is 110 Å². The summed E-state index contributed by atoms with van der Waals surface area (Å²) in [5.41, 5.74) is 0.245. The van der Waals surface area contributed by atoms with Crippen LogP contribution in [0.25, 0.3) is 0 Å². The predicted molar refractivity (Wildman–Crippen MR) is 64.4 cm³/mol. The van der Waals surface area contributed by atoms with E-state index in [1.165, 1.54) is 18.2 Å². The predicted octanol–water partition coefficient (Wildman–Crippen LogP) is -0.157. The number of nitrogens with zero attached hydrogens (tertiary/aromatic N) is 1. The fourth-order valence-corrected chi connectivity index (χ4v) is 2.75. The molecule has 98 valence electrons. The molecule has 0 saturated carbocycles. The minimum Gasteiger partial charge on any atom is -0.394 e. The molecule has 0 fully saturated rings. The Morgan fingerprint density at radius 3 is 2.67 bits per heavy atom. The number of aliphatic hydroxyl groups is 2. The van der Waals surface area contributed by atoms with Crippen LogP contribution in [0.1, 0.15) is 5.56 Å². The number of hydrogen-bond donors (Lipinski definition) is 3. The normalized spacial score (nSPS) is 13.0. The van der Waals surface area contributed by atoms with Gasteiger partial charge in [0.15, 0.2) is 0 Å². The summed E-state index contributed by atoms with van der Waals surface area (Å²) in [5.74, 6) is 0. The van der Waals surface area contributed by atoms with Gasteiger partial charge < -0.3 is 10.2 Å². The lowest BCUT2D eigenvalue weighted by Crippen LogP contribution is -2.34. The first-order valence-electron chi connectivity index (χ1n) is 4.89. The molecule has 0 aliphatic rings. The van der Waals surface area contributed by atoms with Crippen LogP contribution in [0.2, 0.25) is 5.02 Å². The van der Waals surface area contributed by atoms with Crippen molar-refractivity contribution in [3.63, 3.8) is 0 Å². The Kier molecular flexibility index (Phi) is 5.07. The molecule has 0 aromatic heterocycles. The molecule has 0 aliphatic heterocycles. The van der Waals surface area contributed by atoms with Gasteiger partial charge in [-0.2, -0.15) is 5.26 Å². The summed E-state index contributed by atoms with van der Waals surface area (Å²) < 4.78 is 25.7. The number of nitrogens with one attached hydrogen (secondary N) is 1. The number of rotatable bonds is 5. The lowest BCUT2D eigenvalue weighted by molar-refractivity contribution is 0.0988. The van der Waals surface area contributed by atoms with Crippen molar-refractivity contribution >= 4 is 21.6 Å². The summed E-state index contributed by atoms with van der Waals surface area (Å²) in [5, 5.41) is 26.2. The largest absolute Gasteiger partial charge is 0.394 e. The van der Waals surface area contributed by atoms with E-state index in [2.05, 4.69) is 4.72 Å². The fourth-order valence-electron chi connectivity index (χ4n) is 1.14. The van der Waals surface area contributed by atoms with Crippen molar-refractivity contribution in [1.82, 2.24) is 4.72 Å². The summed E-state index contributed by atoms with van der Waals surface area (Å²) >= 11 is 5.76. The van der Waals surface area contributed by atoms with Gasteiger partial charge in [-0.05, 0) is 18.2 Å². The Morgan fingerprint density at radius 1 is 1.50 bits per heavy atom. The van der Waals surface area contributed by atoms with Crippen molar-refractivity contribution in [3.8, 4) is 6.07 Å². The van der Waals surface area contributed by atoms with Crippen molar-refractivity contribution in [2.24, 2.45) is 0 Å². The van der Waals surface area contributed by atoms with Gasteiger partial charge in [0.05, 0.1) is 29.4 Å². The van der Waals surface area contributed by atoms with E-state index in [9.17, 15) is 8.42 Å². The van der Waals surface area contributed by atoms with E-state index in [4.69, 9.17) is 27.1 Å². The van der Waals surface area contributed by atoms with E-state index in [0.717, 1.165) is 0 Å². The highest BCUT2D eigenvalue weighted by Crippen LogP contribution is 2.22. The van der Waals surface area contributed by atoms with E-state index in [1.54, 1.807) is 0 Å². The van der Waals surface area contributed by atoms with Crippen molar-refractivity contribution < 1.29 is 18.6 Å². The molecule has 1 unspecified atom stereocenters. The maximum atomic E-state index is 11.8. The number of hydrogen-bond acceptors (Lipinski definition) is 5. The van der Waals surface area contributed by atoms with E-state index in [1.807, 2.05) is 6.07 Å². The lowest BCUT2D eigenvalue weighted by atomic mass is 10.2. The van der Waals surface area contributed by atoms with E-state index in [0.29, 0.717) is 0 Å². The maximum Gasteiger partial charge on any atom is 0.242 e. The van der Waals surface area contributed by atoms with Crippen molar-refractivity contribution in [2.45, 2.75) is 11.0 Å². The van der Waals surface area contributed by atoms with Gasteiger partial charge in [0, 0.05) is 6.54 Å². The van der Waals surface area contributed by atoms with Gasteiger partial charge in [-0.25, -0.2) is 13.1 Å². The molecule has 0 radical (unpaired) electrons. The minimum absolute atomic E-state index is 0.0833. The van der Waals surface area contributed by atoms with E-state index in [-0.39, 0.29) is 22.0 Å². The zero-order valence-electron chi connectivity index (χ0n) is 9.17. The van der Waals surface area contributed by atoms with Crippen LogP contribution in [0.3, 0.4) is 0 Å². The lowest BCUT2D eigenvalue weighted by Gasteiger charge is -2.10. The second kappa shape index (κ2) is 6.13. The SMILES string of the molecule is N#Cc1ccc(S(=O)(=O)NCC(O)CO)c(Cl)c1. The van der Waals surface area contributed by atoms with Crippen LogP contribution in [0, 0.1) is 11.3 Å². The highest BCUT2D eigenvalue weighted by atomic mass is 35.5. The highest BCUT2D eigenvalue weighted by Gasteiger charge is 2.19. The standard InChI is InChI=1S/C10H11ClN2O4S/c11-9-3-7(4-12)1-2-10(9)18(16,17)13-5-8(15)6-14/h1-3,8,13-15H,5-6H2. The first kappa shape index (κ1) is 14.9. The first-order valence-corrected chi connectivity index (χ1v) is 6.75. The Labute approximate surface area is 109 Å². The summed E-state index contributed by atoms with van der Waals surface area (Å²) in [6, 6.07) is 5.59. The first-order chi connectivity index (χ1) is 8.40. The summed E-state index contributed by atoms with van der Waals surface area (Å²) in [7, 11) is -3.88. The summed E-state index contributed by atoms with van der Waals surface area (Å²) in [6.07, 6.45) is -1.18. The molecule has 0 heterocycles. The maximum absolute atomic E-state index is 11.8. The molecule has 1 aromatic carbocycles. The Bertz CT molecular complexity index is 568. The van der Waals surface area contributed by atoms with Gasteiger partial charge in [-0.3, -0.25) is 0 Å². The molecule has 0 aliphatic carbocycles. The highest BCUT2D eigenvalue weighted by molar-refractivity contribution is 7.89. The van der Waals surface area contributed by atoms with E-state index < -0.39 is 22.7 Å². The number of sulfonamides is 1. The van der Waals surface area contributed by atoms with Crippen LogP contribution in [-0.2, 0) is 10.0 Å². The number of nitriles is 1. The van der Waals surface area contributed by atoms with Crippen LogP contribution < -0.4 is 4.72 Å². The van der Waals surface area contributed by atoms with Crippen molar-refractivity contribution in [2.75, 3.05) is 13.2 Å². The third kappa shape index (κ3) is 3.66. The fraction of sp³-hybridized carbons (Fsp3) is 0.300. The molecule has 1 rings (SSSR count). The summed E-state index contributed by atoms with van der Waals surface area (Å²) in [6.45, 7) is -0.876. The van der Waals surface area contributed by atoms with Crippen LogP contribution in [-0.4, -0.2) is 37.9 Å². The van der Waals surface area contributed by atoms with Crippen LogP contribution in [0.4, 0.5) is 0 Å². The minimum atomic E-state index is -3.88. The molecule has 6 nitrogen and oxygen atoms in total. The third-order valence-corrected chi connectivity index (χ3v) is 3.98. The molecular formula is C10H11ClN2O4S. The molecule has 0 amide bonds. The number of benzene rings is 1. The zero-order chi connectivity index (χ0) is 13.8. The van der Waals surface area contributed by atoms with Gasteiger partial charge in [-0.15, -0.1) is 0 Å². The van der Waals surface area contributed by atoms with Gasteiger partial charge >= 0.3 is 0 Å². The number of halogens is 1. The molecule has 1 aromatic rings. The second-order valence-corrected chi connectivity index (χ2v) is 5.59. The Morgan fingerprint density at radius 2 is 2.17 bits per heavy atom. The van der Waals surface area contributed by atoms with Gasteiger partial charge in [0.2, 0.25) is 10.0 Å². The van der Waals surface area contributed by atoms with Crippen LogP contribution in [0.15, 0.2) is 23.1 Å². The smallest absolute Gasteiger partial charge is 0.242 e. The molecule has 0 saturated heterocycles. The molecular weight excluding hydrogens is 280 g/mol. The van der Waals surface area contributed by atoms with Gasteiger partial charge in [0.1, 0.15) is 4.90 Å². The van der Waals surface area contributed by atoms with E-state index >= 15 is 0 Å². The second-order valence-electron chi connectivity index (χ2n) is 3.45. The monoisotopic (exact) mass is 290 g/mol. The Hall–Kier alpha value is -1.17. The molecule has 0 bridgehead atoms. The molecule has 3 N–H and O–H groups in total. The number of aliphatic hydroxyl groups excluding tert-OH is 2. The molecule has 0 spiro atoms. The molecule has 1 atom stereocenters. The third-order valence-electron chi connectivity index (χ3n) is 2.07. The molecule has 18 heavy (non-hydrogen) atoms. The van der Waals surface area contributed by atoms with Crippen molar-refractivity contribution in [1.29, 1.82) is 5.26 Å². The molecule has 8 heteroatoms. The van der Waals surface area contributed by atoms with Gasteiger partial charge in [-0.1, -0.05) is 11.6 Å². The summed E-state index contributed by atoms with van der Waals surface area (Å²) in [4.78, 5) is -0.187. The van der Waals surface area contributed by atoms with Crippen LogP contribution in [0.5, 0.6) is 0 Å². The average Bonchev–Trinajstić information content (AvgIpc) is 2.35. The average molecular weight is 291 g/mol. The quantitative estimate of drug-likeness (QED) is 0.698.